The summed E-state index contributed by atoms with van der Waals surface area (Å²) in [6.45, 7) is 3.38. The summed E-state index contributed by atoms with van der Waals surface area (Å²) in [5, 5.41) is 12.5. The third kappa shape index (κ3) is 2.43. The normalized spacial score (nSPS) is 20.7. The van der Waals surface area contributed by atoms with Gasteiger partial charge >= 0.3 is 0 Å². The highest BCUT2D eigenvalue weighted by atomic mass is 16.3. The van der Waals surface area contributed by atoms with Gasteiger partial charge in [-0.2, -0.15) is 0 Å². The number of nitrogens with one attached hydrogen (secondary N) is 1. The summed E-state index contributed by atoms with van der Waals surface area (Å²) < 4.78 is 0. The topological polar surface area (TPSA) is 66.4 Å². The van der Waals surface area contributed by atoms with Crippen LogP contribution in [0.4, 0.5) is 0 Å². The minimum Gasteiger partial charge on any atom is -0.386 e. The molecule has 1 aromatic carbocycles. The zero-order valence-corrected chi connectivity index (χ0v) is 10.6. The molecule has 0 aromatic heterocycles. The first-order valence-electron chi connectivity index (χ1n) is 6.05. The Hall–Kier alpha value is -1.68. The molecule has 0 aliphatic carbocycles. The number of benzene rings is 1. The van der Waals surface area contributed by atoms with Gasteiger partial charge in [0.05, 0.1) is 11.5 Å². The summed E-state index contributed by atoms with van der Waals surface area (Å²) in [5.74, 6) is -0.856. The fourth-order valence-electron chi connectivity index (χ4n) is 2.35. The van der Waals surface area contributed by atoms with Gasteiger partial charge in [0.15, 0.2) is 0 Å². The Morgan fingerprint density at radius 2 is 1.94 bits per heavy atom. The second kappa shape index (κ2) is 4.53. The quantitative estimate of drug-likeness (QED) is 0.777. The van der Waals surface area contributed by atoms with Gasteiger partial charge in [0.2, 0.25) is 11.8 Å². The van der Waals surface area contributed by atoms with E-state index in [4.69, 9.17) is 0 Å². The van der Waals surface area contributed by atoms with Crippen LogP contribution in [0, 0.1) is 0 Å². The van der Waals surface area contributed by atoms with Crippen LogP contribution >= 0.6 is 0 Å². The predicted molar refractivity (Wildman–Crippen MR) is 66.8 cm³/mol. The van der Waals surface area contributed by atoms with E-state index >= 15 is 0 Å². The Morgan fingerprint density at radius 3 is 2.56 bits per heavy atom. The molecule has 18 heavy (non-hydrogen) atoms. The smallest absolute Gasteiger partial charge is 0.234 e. The largest absolute Gasteiger partial charge is 0.386 e. The third-order valence-corrected chi connectivity index (χ3v) is 3.23. The lowest BCUT2D eigenvalue weighted by atomic mass is 9.83. The number of aliphatic hydroxyl groups is 1. The molecule has 1 fully saturated rings. The SMILES string of the molecule is CC(C)(O)c1ccccc1C1CCC(=O)NC1=O. The molecule has 1 aliphatic rings. The van der Waals surface area contributed by atoms with Crippen molar-refractivity contribution in [3.63, 3.8) is 0 Å². The third-order valence-electron chi connectivity index (χ3n) is 3.23. The first-order chi connectivity index (χ1) is 8.39. The fraction of sp³-hybridized carbons (Fsp3) is 0.429. The molecule has 2 amide bonds. The molecule has 0 bridgehead atoms. The average molecular weight is 247 g/mol. The number of rotatable bonds is 2. The molecule has 1 unspecified atom stereocenters. The number of hydrogen-bond acceptors (Lipinski definition) is 3. The van der Waals surface area contributed by atoms with E-state index in [0.717, 1.165) is 11.1 Å². The molecular formula is C14H17NO3. The van der Waals surface area contributed by atoms with Crippen LogP contribution in [-0.4, -0.2) is 16.9 Å². The molecule has 4 heteroatoms. The van der Waals surface area contributed by atoms with E-state index in [0.29, 0.717) is 12.8 Å². The highest BCUT2D eigenvalue weighted by molar-refractivity contribution is 6.01. The summed E-state index contributed by atoms with van der Waals surface area (Å²) in [7, 11) is 0. The monoisotopic (exact) mass is 247 g/mol. The van der Waals surface area contributed by atoms with Crippen molar-refractivity contribution in [2.45, 2.75) is 38.2 Å². The van der Waals surface area contributed by atoms with Crippen molar-refractivity contribution in [2.75, 3.05) is 0 Å². The number of hydrogen-bond donors (Lipinski definition) is 2. The predicted octanol–water partition coefficient (Wildman–Crippen LogP) is 1.43. The van der Waals surface area contributed by atoms with Crippen molar-refractivity contribution in [2.24, 2.45) is 0 Å². The number of carbonyl (C=O) groups is 2. The molecule has 2 rings (SSSR count). The Labute approximate surface area is 106 Å². The minimum atomic E-state index is -1.00. The number of carbonyl (C=O) groups excluding carboxylic acids is 2. The highest BCUT2D eigenvalue weighted by Crippen LogP contribution is 2.32. The summed E-state index contributed by atoms with van der Waals surface area (Å²) in [5.41, 5.74) is 0.535. The van der Waals surface area contributed by atoms with Gasteiger partial charge in [-0.25, -0.2) is 0 Å². The minimum absolute atomic E-state index is 0.225. The lowest BCUT2D eigenvalue weighted by Crippen LogP contribution is -2.40. The molecule has 1 atom stereocenters. The van der Waals surface area contributed by atoms with Crippen LogP contribution in [0.15, 0.2) is 24.3 Å². The highest BCUT2D eigenvalue weighted by Gasteiger charge is 2.32. The Morgan fingerprint density at radius 1 is 1.28 bits per heavy atom. The summed E-state index contributed by atoms with van der Waals surface area (Å²) >= 11 is 0. The van der Waals surface area contributed by atoms with Crippen LogP contribution in [0.3, 0.4) is 0 Å². The van der Waals surface area contributed by atoms with Gasteiger partial charge in [-0.15, -0.1) is 0 Å². The van der Waals surface area contributed by atoms with Crippen molar-refractivity contribution in [1.82, 2.24) is 5.32 Å². The van der Waals surface area contributed by atoms with Crippen LogP contribution < -0.4 is 5.32 Å². The maximum Gasteiger partial charge on any atom is 0.234 e. The van der Waals surface area contributed by atoms with Crippen molar-refractivity contribution >= 4 is 11.8 Å². The zero-order valence-electron chi connectivity index (χ0n) is 10.6. The van der Waals surface area contributed by atoms with E-state index in [9.17, 15) is 14.7 Å². The van der Waals surface area contributed by atoms with E-state index in [2.05, 4.69) is 5.32 Å². The van der Waals surface area contributed by atoms with E-state index in [-0.39, 0.29) is 17.7 Å². The number of amides is 2. The van der Waals surface area contributed by atoms with Crippen LogP contribution in [0.5, 0.6) is 0 Å². The van der Waals surface area contributed by atoms with Gasteiger partial charge in [0.25, 0.3) is 0 Å². The standard InChI is InChI=1S/C14H17NO3/c1-14(2,18)11-6-4-3-5-9(11)10-7-8-12(16)15-13(10)17/h3-6,10,18H,7-8H2,1-2H3,(H,15,16,17). The molecule has 1 heterocycles. The van der Waals surface area contributed by atoms with Gasteiger partial charge in [-0.1, -0.05) is 24.3 Å². The van der Waals surface area contributed by atoms with Gasteiger partial charge in [-0.3, -0.25) is 14.9 Å². The van der Waals surface area contributed by atoms with Gasteiger partial charge in [0, 0.05) is 6.42 Å². The maximum absolute atomic E-state index is 11.9. The van der Waals surface area contributed by atoms with Crippen LogP contribution in [0.2, 0.25) is 0 Å². The Bertz CT molecular complexity index is 488. The fourth-order valence-corrected chi connectivity index (χ4v) is 2.35. The lowest BCUT2D eigenvalue weighted by Gasteiger charge is -2.27. The van der Waals surface area contributed by atoms with Gasteiger partial charge in [-0.05, 0) is 31.4 Å². The van der Waals surface area contributed by atoms with Crippen LogP contribution in [0.1, 0.15) is 43.7 Å². The van der Waals surface area contributed by atoms with Crippen molar-refractivity contribution in [3.05, 3.63) is 35.4 Å². The molecule has 0 saturated carbocycles. The van der Waals surface area contributed by atoms with Gasteiger partial charge in [0.1, 0.15) is 0 Å². The van der Waals surface area contributed by atoms with Gasteiger partial charge < -0.3 is 5.11 Å². The van der Waals surface area contributed by atoms with E-state index in [1.807, 2.05) is 24.3 Å². The summed E-state index contributed by atoms with van der Waals surface area (Å²) in [6, 6.07) is 7.34. The summed E-state index contributed by atoms with van der Waals surface area (Å²) in [6.07, 6.45) is 0.842. The van der Waals surface area contributed by atoms with Crippen molar-refractivity contribution in [3.8, 4) is 0 Å². The molecular weight excluding hydrogens is 230 g/mol. The van der Waals surface area contributed by atoms with Crippen LogP contribution in [0.25, 0.3) is 0 Å². The maximum atomic E-state index is 11.9. The molecule has 4 nitrogen and oxygen atoms in total. The average Bonchev–Trinajstić information content (AvgIpc) is 2.28. The second-order valence-electron chi connectivity index (χ2n) is 5.15. The second-order valence-corrected chi connectivity index (χ2v) is 5.15. The van der Waals surface area contributed by atoms with Crippen molar-refractivity contribution < 1.29 is 14.7 Å². The zero-order chi connectivity index (χ0) is 13.3. The molecule has 1 aromatic rings. The first kappa shape index (κ1) is 12.8. The van der Waals surface area contributed by atoms with E-state index in [1.54, 1.807) is 13.8 Å². The van der Waals surface area contributed by atoms with E-state index < -0.39 is 5.60 Å². The molecule has 0 radical (unpaired) electrons. The Balaban J connectivity index is 2.39. The summed E-state index contributed by atoms with van der Waals surface area (Å²) in [4.78, 5) is 23.0. The van der Waals surface area contributed by atoms with E-state index in [1.165, 1.54) is 0 Å². The number of piperidine rings is 1. The molecule has 1 saturated heterocycles. The molecule has 1 aliphatic heterocycles. The lowest BCUT2D eigenvalue weighted by molar-refractivity contribution is -0.134. The molecule has 0 spiro atoms. The van der Waals surface area contributed by atoms with Crippen LogP contribution in [-0.2, 0) is 15.2 Å². The molecule has 96 valence electrons. The Kier molecular flexibility index (Phi) is 3.22. The molecule has 2 N–H and O–H groups in total. The first-order valence-corrected chi connectivity index (χ1v) is 6.05. The number of imide groups is 1. The van der Waals surface area contributed by atoms with Crippen molar-refractivity contribution in [1.29, 1.82) is 0 Å².